The number of carbonyl (C=O) groups excluding carboxylic acids is 1. The molecule has 104 valence electrons. The first kappa shape index (κ1) is 13.8. The molecule has 0 radical (unpaired) electrons. The summed E-state index contributed by atoms with van der Waals surface area (Å²) in [7, 11) is 0. The van der Waals surface area contributed by atoms with Gasteiger partial charge in [0.05, 0.1) is 13.2 Å². The highest BCUT2D eigenvalue weighted by Crippen LogP contribution is 2.27. The molecule has 1 saturated carbocycles. The normalized spacial score (nSPS) is 33.1. The minimum atomic E-state index is 0.164. The zero-order chi connectivity index (χ0) is 12.8. The van der Waals surface area contributed by atoms with E-state index >= 15 is 0 Å². The van der Waals surface area contributed by atoms with E-state index in [2.05, 4.69) is 17.6 Å². The molecular weight excluding hydrogens is 228 g/mol. The van der Waals surface area contributed by atoms with Gasteiger partial charge in [-0.1, -0.05) is 19.8 Å². The van der Waals surface area contributed by atoms with Gasteiger partial charge in [-0.2, -0.15) is 0 Å². The predicted molar refractivity (Wildman–Crippen MR) is 71.4 cm³/mol. The highest BCUT2D eigenvalue weighted by atomic mass is 16.5. The van der Waals surface area contributed by atoms with Crippen LogP contribution in [-0.4, -0.2) is 38.3 Å². The maximum Gasteiger partial charge on any atom is 0.221 e. The molecule has 2 fully saturated rings. The average Bonchev–Trinajstić information content (AvgIpc) is 2.39. The van der Waals surface area contributed by atoms with E-state index in [4.69, 9.17) is 4.74 Å². The Morgan fingerprint density at radius 1 is 1.33 bits per heavy atom. The Hall–Kier alpha value is -0.610. The fraction of sp³-hybridized carbons (Fsp3) is 0.929. The van der Waals surface area contributed by atoms with E-state index in [0.717, 1.165) is 25.6 Å². The highest BCUT2D eigenvalue weighted by Gasteiger charge is 2.20. The largest absolute Gasteiger partial charge is 0.378 e. The summed E-state index contributed by atoms with van der Waals surface area (Å²) in [6.07, 6.45) is 5.72. The molecule has 2 rings (SSSR count). The van der Waals surface area contributed by atoms with Crippen molar-refractivity contribution in [1.29, 1.82) is 0 Å². The molecule has 2 N–H and O–H groups in total. The Bertz CT molecular complexity index is 257. The van der Waals surface area contributed by atoms with E-state index < -0.39 is 0 Å². The van der Waals surface area contributed by atoms with Crippen molar-refractivity contribution in [3.8, 4) is 0 Å². The highest BCUT2D eigenvalue weighted by molar-refractivity contribution is 5.76. The number of hydrogen-bond acceptors (Lipinski definition) is 3. The molecule has 0 aromatic carbocycles. The first-order valence-corrected chi connectivity index (χ1v) is 7.32. The van der Waals surface area contributed by atoms with Gasteiger partial charge in [0.1, 0.15) is 0 Å². The van der Waals surface area contributed by atoms with Crippen LogP contribution in [0.25, 0.3) is 0 Å². The average molecular weight is 254 g/mol. The summed E-state index contributed by atoms with van der Waals surface area (Å²) in [5.74, 6) is 1.73. The van der Waals surface area contributed by atoms with Crippen LogP contribution in [0, 0.1) is 11.8 Å². The standard InChI is InChI=1S/C14H26N2O2/c1-11-2-4-12(5-3-11)9-16-14(17)8-13-10-18-7-6-15-13/h11-13,15H,2-10H2,1H3,(H,16,17). The fourth-order valence-corrected chi connectivity index (χ4v) is 2.84. The van der Waals surface area contributed by atoms with Gasteiger partial charge in [-0.25, -0.2) is 0 Å². The van der Waals surface area contributed by atoms with E-state index in [1.54, 1.807) is 0 Å². The Labute approximate surface area is 110 Å². The third kappa shape index (κ3) is 4.58. The minimum absolute atomic E-state index is 0.164. The second-order valence-electron chi connectivity index (χ2n) is 5.86. The van der Waals surface area contributed by atoms with Crippen LogP contribution in [-0.2, 0) is 9.53 Å². The van der Waals surface area contributed by atoms with Crippen molar-refractivity contribution in [2.75, 3.05) is 26.3 Å². The van der Waals surface area contributed by atoms with Crippen LogP contribution in [0.2, 0.25) is 0 Å². The van der Waals surface area contributed by atoms with Crippen molar-refractivity contribution in [1.82, 2.24) is 10.6 Å². The summed E-state index contributed by atoms with van der Waals surface area (Å²) in [5, 5.41) is 6.39. The van der Waals surface area contributed by atoms with Gasteiger partial charge in [0.2, 0.25) is 5.91 Å². The zero-order valence-electron chi connectivity index (χ0n) is 11.4. The maximum absolute atomic E-state index is 11.8. The summed E-state index contributed by atoms with van der Waals surface area (Å²) < 4.78 is 5.35. The van der Waals surface area contributed by atoms with Crippen molar-refractivity contribution < 1.29 is 9.53 Å². The molecule has 0 spiro atoms. The molecule has 4 heteroatoms. The topological polar surface area (TPSA) is 50.4 Å². The van der Waals surface area contributed by atoms with Gasteiger partial charge in [0.25, 0.3) is 0 Å². The molecule has 1 heterocycles. The van der Waals surface area contributed by atoms with Gasteiger partial charge in [0, 0.05) is 25.6 Å². The van der Waals surface area contributed by atoms with Crippen molar-refractivity contribution in [2.45, 2.75) is 45.1 Å². The van der Waals surface area contributed by atoms with Crippen LogP contribution in [0.1, 0.15) is 39.0 Å². The number of amides is 1. The molecular formula is C14H26N2O2. The molecule has 1 saturated heterocycles. The van der Waals surface area contributed by atoms with Crippen LogP contribution in [0.3, 0.4) is 0 Å². The number of carbonyl (C=O) groups is 1. The number of hydrogen-bond donors (Lipinski definition) is 2. The lowest BCUT2D eigenvalue weighted by atomic mass is 9.83. The molecule has 1 aliphatic heterocycles. The zero-order valence-corrected chi connectivity index (χ0v) is 11.4. The first-order valence-electron chi connectivity index (χ1n) is 7.32. The second kappa shape index (κ2) is 7.10. The van der Waals surface area contributed by atoms with Crippen LogP contribution in [0.5, 0.6) is 0 Å². The molecule has 4 nitrogen and oxygen atoms in total. The molecule has 0 bridgehead atoms. The molecule has 1 atom stereocenters. The molecule has 1 aliphatic carbocycles. The monoisotopic (exact) mass is 254 g/mol. The van der Waals surface area contributed by atoms with E-state index in [1.807, 2.05) is 0 Å². The summed E-state index contributed by atoms with van der Waals surface area (Å²) in [6, 6.07) is 0.199. The van der Waals surface area contributed by atoms with Crippen molar-refractivity contribution in [3.63, 3.8) is 0 Å². The molecule has 0 aromatic rings. The van der Waals surface area contributed by atoms with Crippen LogP contribution in [0.15, 0.2) is 0 Å². The lowest BCUT2D eigenvalue weighted by Gasteiger charge is -2.27. The number of morpholine rings is 1. The Morgan fingerprint density at radius 3 is 2.78 bits per heavy atom. The molecule has 2 aliphatic rings. The molecule has 0 aromatic heterocycles. The Balaban J connectivity index is 1.59. The third-order valence-electron chi connectivity index (χ3n) is 4.15. The number of nitrogens with one attached hydrogen (secondary N) is 2. The van der Waals surface area contributed by atoms with E-state index in [-0.39, 0.29) is 11.9 Å². The Morgan fingerprint density at radius 2 is 2.11 bits per heavy atom. The SMILES string of the molecule is CC1CCC(CNC(=O)CC2COCCN2)CC1. The van der Waals surface area contributed by atoms with E-state index in [9.17, 15) is 4.79 Å². The van der Waals surface area contributed by atoms with Crippen molar-refractivity contribution in [3.05, 3.63) is 0 Å². The van der Waals surface area contributed by atoms with Gasteiger partial charge in [-0.05, 0) is 24.7 Å². The van der Waals surface area contributed by atoms with Crippen LogP contribution < -0.4 is 10.6 Å². The van der Waals surface area contributed by atoms with Gasteiger partial charge >= 0.3 is 0 Å². The predicted octanol–water partition coefficient (Wildman–Crippen LogP) is 1.31. The van der Waals surface area contributed by atoms with Gasteiger partial charge in [-0.3, -0.25) is 4.79 Å². The minimum Gasteiger partial charge on any atom is -0.378 e. The fourth-order valence-electron chi connectivity index (χ4n) is 2.84. The van der Waals surface area contributed by atoms with Gasteiger partial charge in [0.15, 0.2) is 0 Å². The second-order valence-corrected chi connectivity index (χ2v) is 5.86. The first-order chi connectivity index (χ1) is 8.74. The lowest BCUT2D eigenvalue weighted by Crippen LogP contribution is -2.44. The number of rotatable bonds is 4. The maximum atomic E-state index is 11.8. The quantitative estimate of drug-likeness (QED) is 0.795. The lowest BCUT2D eigenvalue weighted by molar-refractivity contribution is -0.122. The summed E-state index contributed by atoms with van der Waals surface area (Å²) in [5.41, 5.74) is 0. The van der Waals surface area contributed by atoms with Crippen molar-refractivity contribution >= 4 is 5.91 Å². The third-order valence-corrected chi connectivity index (χ3v) is 4.15. The Kier molecular flexibility index (Phi) is 5.45. The molecule has 1 unspecified atom stereocenters. The van der Waals surface area contributed by atoms with E-state index in [1.165, 1.54) is 25.7 Å². The summed E-state index contributed by atoms with van der Waals surface area (Å²) in [6.45, 7) is 5.47. The van der Waals surface area contributed by atoms with Crippen LogP contribution >= 0.6 is 0 Å². The van der Waals surface area contributed by atoms with Crippen LogP contribution in [0.4, 0.5) is 0 Å². The van der Waals surface area contributed by atoms with Gasteiger partial charge in [-0.15, -0.1) is 0 Å². The molecule has 1 amide bonds. The smallest absolute Gasteiger partial charge is 0.221 e. The number of ether oxygens (including phenoxy) is 1. The summed E-state index contributed by atoms with van der Waals surface area (Å²) in [4.78, 5) is 11.8. The van der Waals surface area contributed by atoms with Crippen molar-refractivity contribution in [2.24, 2.45) is 11.8 Å². The van der Waals surface area contributed by atoms with E-state index in [0.29, 0.717) is 18.9 Å². The summed E-state index contributed by atoms with van der Waals surface area (Å²) >= 11 is 0. The van der Waals surface area contributed by atoms with Gasteiger partial charge < -0.3 is 15.4 Å². The molecule has 18 heavy (non-hydrogen) atoms.